The van der Waals surface area contributed by atoms with E-state index in [0.717, 1.165) is 38.5 Å². The van der Waals surface area contributed by atoms with E-state index in [-0.39, 0.29) is 22.0 Å². The third kappa shape index (κ3) is 4.46. The van der Waals surface area contributed by atoms with Gasteiger partial charge in [0.25, 0.3) is 0 Å². The second-order valence-electron chi connectivity index (χ2n) is 3.92. The molecule has 0 heterocycles. The molecule has 0 saturated heterocycles. The van der Waals surface area contributed by atoms with Gasteiger partial charge < -0.3 is 19.9 Å². The van der Waals surface area contributed by atoms with Crippen LogP contribution in [0.15, 0.2) is 34.9 Å². The molecule has 120 valence electrons. The lowest BCUT2D eigenvalue weighted by Gasteiger charge is -2.11. The Balaban J connectivity index is 3.27. The molecule has 0 saturated carbocycles. The van der Waals surface area contributed by atoms with Crippen molar-refractivity contribution in [3.8, 4) is 5.75 Å². The Kier molecular flexibility index (Phi) is 5.49. The number of carbonyl (C=O) groups is 2. The smallest absolute Gasteiger partial charge is 0.354 e. The van der Waals surface area contributed by atoms with E-state index in [1.54, 1.807) is 0 Å². The average molecular weight is 330 g/mol. The summed E-state index contributed by atoms with van der Waals surface area (Å²) in [6.45, 7) is 0. The van der Waals surface area contributed by atoms with Gasteiger partial charge in [0.05, 0.1) is 30.9 Å². The highest BCUT2D eigenvalue weighted by molar-refractivity contribution is 7.89. The van der Waals surface area contributed by atoms with Gasteiger partial charge in [-0.1, -0.05) is 0 Å². The van der Waals surface area contributed by atoms with Crippen molar-refractivity contribution in [2.75, 3.05) is 19.5 Å². The van der Waals surface area contributed by atoms with E-state index in [4.69, 9.17) is 5.14 Å². The Labute approximate surface area is 126 Å². The van der Waals surface area contributed by atoms with Gasteiger partial charge in [-0.15, -0.1) is 0 Å². The van der Waals surface area contributed by atoms with Crippen LogP contribution in [0.5, 0.6) is 5.75 Å². The van der Waals surface area contributed by atoms with Gasteiger partial charge in [-0.2, -0.15) is 0 Å². The highest BCUT2D eigenvalue weighted by Crippen LogP contribution is 2.27. The molecule has 0 unspecified atom stereocenters. The number of esters is 2. The summed E-state index contributed by atoms with van der Waals surface area (Å²) in [6, 6.07) is 3.14. The van der Waals surface area contributed by atoms with Crippen LogP contribution in [-0.2, 0) is 29.1 Å². The van der Waals surface area contributed by atoms with Gasteiger partial charge in [-0.3, -0.25) is 0 Å². The van der Waals surface area contributed by atoms with E-state index in [0.29, 0.717) is 0 Å². The molecule has 0 radical (unpaired) electrons. The van der Waals surface area contributed by atoms with Crippen molar-refractivity contribution in [1.29, 1.82) is 0 Å². The van der Waals surface area contributed by atoms with Gasteiger partial charge in [-0.25, -0.2) is 23.1 Å². The zero-order valence-corrected chi connectivity index (χ0v) is 12.5. The summed E-state index contributed by atoms with van der Waals surface area (Å²) in [4.78, 5) is 22.5. The number of sulfonamides is 1. The molecule has 4 N–H and O–H groups in total. The maximum absolute atomic E-state index is 11.6. The first kappa shape index (κ1) is 17.5. The molecule has 9 nitrogen and oxygen atoms in total. The number of nitrogens with one attached hydrogen (secondary N) is 1. The minimum atomic E-state index is -4.01. The number of phenols is 1. The highest BCUT2D eigenvalue weighted by atomic mass is 32.2. The molecule has 0 aliphatic heterocycles. The second kappa shape index (κ2) is 6.91. The number of hydrogen-bond acceptors (Lipinski definition) is 8. The first-order valence-corrected chi connectivity index (χ1v) is 7.24. The molecule has 0 aromatic heterocycles. The summed E-state index contributed by atoms with van der Waals surface area (Å²) in [5.74, 6) is -2.15. The largest absolute Gasteiger partial charge is 0.506 e. The standard InChI is InChI=1S/C12H14N2O7S/c1-20-11(16)6-9(12(17)21-2)14-8-5-7(22(13,18)19)3-4-10(8)15/h3-6,14-15H,1-2H3,(H2,13,18,19)/b9-6+. The molecule has 22 heavy (non-hydrogen) atoms. The number of methoxy groups -OCH3 is 2. The van der Waals surface area contributed by atoms with Crippen LogP contribution in [0.4, 0.5) is 5.69 Å². The summed E-state index contributed by atoms with van der Waals surface area (Å²) < 4.78 is 31.4. The molecule has 0 aliphatic carbocycles. The summed E-state index contributed by atoms with van der Waals surface area (Å²) >= 11 is 0. The normalized spacial score (nSPS) is 11.7. The van der Waals surface area contributed by atoms with Crippen molar-refractivity contribution in [2.24, 2.45) is 5.14 Å². The number of aromatic hydroxyl groups is 1. The van der Waals surface area contributed by atoms with Crippen LogP contribution in [0.1, 0.15) is 0 Å². The Bertz CT molecular complexity index is 725. The molecule has 0 spiro atoms. The maximum atomic E-state index is 11.6. The number of anilines is 1. The molecule has 0 bridgehead atoms. The molecular formula is C12H14N2O7S. The number of hydrogen-bond donors (Lipinski definition) is 3. The van der Waals surface area contributed by atoms with Gasteiger partial charge in [0.2, 0.25) is 10.0 Å². The Morgan fingerprint density at radius 2 is 1.91 bits per heavy atom. The highest BCUT2D eigenvalue weighted by Gasteiger charge is 2.17. The third-order valence-corrected chi connectivity index (χ3v) is 3.35. The molecular weight excluding hydrogens is 316 g/mol. The van der Waals surface area contributed by atoms with E-state index in [1.165, 1.54) is 0 Å². The fourth-order valence-corrected chi connectivity index (χ4v) is 1.91. The third-order valence-electron chi connectivity index (χ3n) is 2.43. The van der Waals surface area contributed by atoms with Crippen LogP contribution in [0.2, 0.25) is 0 Å². The van der Waals surface area contributed by atoms with Crippen LogP contribution < -0.4 is 10.5 Å². The Morgan fingerprint density at radius 3 is 2.41 bits per heavy atom. The minimum absolute atomic E-state index is 0.160. The molecule has 10 heteroatoms. The number of primary sulfonamides is 1. The molecule has 1 rings (SSSR count). The van der Waals surface area contributed by atoms with Crippen LogP contribution in [0.3, 0.4) is 0 Å². The first-order valence-electron chi connectivity index (χ1n) is 5.70. The molecule has 0 atom stereocenters. The lowest BCUT2D eigenvalue weighted by atomic mass is 10.2. The quantitative estimate of drug-likeness (QED) is 0.378. The van der Waals surface area contributed by atoms with Crippen molar-refractivity contribution in [1.82, 2.24) is 0 Å². The van der Waals surface area contributed by atoms with Crippen molar-refractivity contribution in [3.63, 3.8) is 0 Å². The van der Waals surface area contributed by atoms with Gasteiger partial charge in [0, 0.05) is 0 Å². The number of phenolic OH excluding ortho intramolecular Hbond substituents is 1. The zero-order valence-electron chi connectivity index (χ0n) is 11.7. The Morgan fingerprint density at radius 1 is 1.27 bits per heavy atom. The van der Waals surface area contributed by atoms with Crippen LogP contribution >= 0.6 is 0 Å². The fraction of sp³-hybridized carbons (Fsp3) is 0.167. The SMILES string of the molecule is COC(=O)/C=C(/Nc1cc(S(N)(=O)=O)ccc1O)C(=O)OC. The minimum Gasteiger partial charge on any atom is -0.506 e. The van der Waals surface area contributed by atoms with Gasteiger partial charge in [0.1, 0.15) is 11.4 Å². The topological polar surface area (TPSA) is 145 Å². The van der Waals surface area contributed by atoms with Crippen LogP contribution in [-0.4, -0.2) is 39.7 Å². The summed E-state index contributed by atoms with van der Waals surface area (Å²) in [5.41, 5.74) is -0.525. The van der Waals surface area contributed by atoms with Gasteiger partial charge in [0.15, 0.2) is 0 Å². The maximum Gasteiger partial charge on any atom is 0.354 e. The molecule has 1 aromatic rings. The predicted molar refractivity (Wildman–Crippen MR) is 75.2 cm³/mol. The first-order chi connectivity index (χ1) is 10.2. The molecule has 0 aliphatic rings. The van der Waals surface area contributed by atoms with E-state index in [1.807, 2.05) is 0 Å². The fourth-order valence-electron chi connectivity index (χ4n) is 1.37. The van der Waals surface area contributed by atoms with Crippen molar-refractivity contribution in [3.05, 3.63) is 30.0 Å². The molecule has 0 amide bonds. The van der Waals surface area contributed by atoms with Gasteiger partial charge >= 0.3 is 11.9 Å². The van der Waals surface area contributed by atoms with Crippen LogP contribution in [0, 0.1) is 0 Å². The summed E-state index contributed by atoms with van der Waals surface area (Å²) in [6.07, 6.45) is 0.787. The van der Waals surface area contributed by atoms with E-state index in [2.05, 4.69) is 14.8 Å². The number of benzene rings is 1. The average Bonchev–Trinajstić information content (AvgIpc) is 2.46. The number of rotatable bonds is 5. The van der Waals surface area contributed by atoms with Crippen LogP contribution in [0.25, 0.3) is 0 Å². The second-order valence-corrected chi connectivity index (χ2v) is 5.48. The van der Waals surface area contributed by atoms with Crippen molar-refractivity contribution in [2.45, 2.75) is 4.90 Å². The zero-order chi connectivity index (χ0) is 16.9. The number of ether oxygens (including phenoxy) is 2. The Hall–Kier alpha value is -2.59. The lowest BCUT2D eigenvalue weighted by Crippen LogP contribution is -2.16. The number of carbonyl (C=O) groups excluding carboxylic acids is 2. The molecule has 0 fully saturated rings. The molecule has 1 aromatic carbocycles. The summed E-state index contributed by atoms with van der Waals surface area (Å²) in [5, 5.41) is 17.1. The van der Waals surface area contributed by atoms with E-state index in [9.17, 15) is 23.1 Å². The van der Waals surface area contributed by atoms with E-state index >= 15 is 0 Å². The van der Waals surface area contributed by atoms with Crippen molar-refractivity contribution >= 4 is 27.6 Å². The predicted octanol–water partition coefficient (Wildman–Crippen LogP) is -0.319. The van der Waals surface area contributed by atoms with E-state index < -0.39 is 22.0 Å². The monoisotopic (exact) mass is 330 g/mol. The summed E-state index contributed by atoms with van der Waals surface area (Å²) in [7, 11) is -1.83. The van der Waals surface area contributed by atoms with Crippen molar-refractivity contribution < 1.29 is 32.6 Å². The van der Waals surface area contributed by atoms with Gasteiger partial charge in [-0.05, 0) is 18.2 Å². The lowest BCUT2D eigenvalue weighted by molar-refractivity contribution is -0.138. The number of nitrogens with two attached hydrogens (primary N) is 1.